The first-order valence-corrected chi connectivity index (χ1v) is 6.47. The summed E-state index contributed by atoms with van der Waals surface area (Å²) in [7, 11) is 1.58. The third kappa shape index (κ3) is 3.85. The van der Waals surface area contributed by atoms with Crippen LogP contribution in [0, 0.1) is 0 Å². The highest BCUT2D eigenvalue weighted by atomic mass is 35.5. The lowest BCUT2D eigenvalue weighted by atomic mass is 10.2. The Bertz CT molecular complexity index is 611. The molecule has 104 valence electrons. The summed E-state index contributed by atoms with van der Waals surface area (Å²) in [6.07, 6.45) is 0. The topological polar surface area (TPSA) is 48.4 Å². The van der Waals surface area contributed by atoms with Crippen molar-refractivity contribution in [3.8, 4) is 5.75 Å². The summed E-state index contributed by atoms with van der Waals surface area (Å²) in [6, 6.07) is 10.1. The fourth-order valence-corrected chi connectivity index (χ4v) is 2.04. The number of nitrogens with zero attached hydrogens (tertiary/aromatic N) is 1. The Labute approximate surface area is 126 Å². The Kier molecular flexibility index (Phi) is 4.82. The van der Waals surface area contributed by atoms with Crippen molar-refractivity contribution in [3.05, 3.63) is 57.8 Å². The van der Waals surface area contributed by atoms with Gasteiger partial charge in [0.05, 0.1) is 12.7 Å². The molecule has 0 atom stereocenters. The monoisotopic (exact) mass is 311 g/mol. The lowest BCUT2D eigenvalue weighted by Crippen LogP contribution is -2.05. The summed E-state index contributed by atoms with van der Waals surface area (Å²) in [4.78, 5) is 15.6. The highest BCUT2D eigenvalue weighted by Crippen LogP contribution is 2.17. The van der Waals surface area contributed by atoms with Gasteiger partial charge in [-0.05, 0) is 29.8 Å². The molecule has 1 aromatic heterocycles. The lowest BCUT2D eigenvalue weighted by Gasteiger charge is -2.07. The standard InChI is InChI=1S/C14H11Cl2NO3/c1-19-11-4-2-3-9(5-11)8-20-14(18)10-6-12(15)17-13(16)7-10/h2-7H,8H2,1H3. The van der Waals surface area contributed by atoms with Crippen LogP contribution in [-0.4, -0.2) is 18.1 Å². The predicted octanol–water partition coefficient (Wildman–Crippen LogP) is 3.75. The Hall–Kier alpha value is -1.78. The Balaban J connectivity index is 2.04. The number of pyridine rings is 1. The molecule has 0 bridgehead atoms. The summed E-state index contributed by atoms with van der Waals surface area (Å²) in [5.41, 5.74) is 1.09. The van der Waals surface area contributed by atoms with Crippen molar-refractivity contribution in [1.29, 1.82) is 0 Å². The van der Waals surface area contributed by atoms with E-state index in [1.165, 1.54) is 12.1 Å². The van der Waals surface area contributed by atoms with Crippen LogP contribution in [0.5, 0.6) is 5.75 Å². The number of esters is 1. The molecule has 1 aromatic carbocycles. The van der Waals surface area contributed by atoms with E-state index in [0.29, 0.717) is 5.75 Å². The fraction of sp³-hybridized carbons (Fsp3) is 0.143. The molecule has 2 aromatic rings. The number of carbonyl (C=O) groups excluding carboxylic acids is 1. The Morgan fingerprint density at radius 2 is 1.90 bits per heavy atom. The Morgan fingerprint density at radius 1 is 1.20 bits per heavy atom. The number of aromatic nitrogens is 1. The minimum absolute atomic E-state index is 0.133. The molecule has 0 spiro atoms. The number of halogens is 2. The van der Waals surface area contributed by atoms with E-state index in [0.717, 1.165) is 5.56 Å². The van der Waals surface area contributed by atoms with E-state index in [9.17, 15) is 4.79 Å². The van der Waals surface area contributed by atoms with E-state index in [2.05, 4.69) is 4.98 Å². The van der Waals surface area contributed by atoms with Gasteiger partial charge in [-0.1, -0.05) is 35.3 Å². The van der Waals surface area contributed by atoms with Crippen molar-refractivity contribution >= 4 is 29.2 Å². The molecular formula is C14H11Cl2NO3. The van der Waals surface area contributed by atoms with Crippen molar-refractivity contribution < 1.29 is 14.3 Å². The summed E-state index contributed by atoms with van der Waals surface area (Å²) >= 11 is 11.5. The van der Waals surface area contributed by atoms with E-state index in [4.69, 9.17) is 32.7 Å². The molecule has 0 fully saturated rings. The zero-order valence-corrected chi connectivity index (χ0v) is 12.1. The number of rotatable bonds is 4. The van der Waals surface area contributed by atoms with Crippen LogP contribution in [0.15, 0.2) is 36.4 Å². The molecule has 4 nitrogen and oxygen atoms in total. The number of methoxy groups -OCH3 is 1. The number of carbonyl (C=O) groups is 1. The summed E-state index contributed by atoms with van der Waals surface area (Å²) in [6.45, 7) is 0.133. The largest absolute Gasteiger partial charge is 0.497 e. The van der Waals surface area contributed by atoms with Crippen molar-refractivity contribution in [1.82, 2.24) is 4.98 Å². The molecule has 0 radical (unpaired) electrons. The van der Waals surface area contributed by atoms with E-state index >= 15 is 0 Å². The molecule has 0 unspecified atom stereocenters. The van der Waals surface area contributed by atoms with Gasteiger partial charge in [-0.15, -0.1) is 0 Å². The molecule has 20 heavy (non-hydrogen) atoms. The zero-order valence-electron chi connectivity index (χ0n) is 10.6. The van der Waals surface area contributed by atoms with Crippen LogP contribution in [-0.2, 0) is 11.3 Å². The summed E-state index contributed by atoms with van der Waals surface area (Å²) in [5, 5.41) is 0.289. The summed E-state index contributed by atoms with van der Waals surface area (Å²) in [5.74, 6) is 0.188. The van der Waals surface area contributed by atoms with E-state index in [-0.39, 0.29) is 22.5 Å². The normalized spacial score (nSPS) is 10.2. The van der Waals surface area contributed by atoms with Gasteiger partial charge in [0, 0.05) is 0 Å². The van der Waals surface area contributed by atoms with Crippen molar-refractivity contribution in [2.24, 2.45) is 0 Å². The SMILES string of the molecule is COc1cccc(COC(=O)c2cc(Cl)nc(Cl)c2)c1. The van der Waals surface area contributed by atoms with Crippen LogP contribution < -0.4 is 4.74 Å². The fourth-order valence-electron chi connectivity index (χ4n) is 1.58. The first-order valence-electron chi connectivity index (χ1n) is 5.71. The van der Waals surface area contributed by atoms with Crippen LogP contribution in [0.1, 0.15) is 15.9 Å². The van der Waals surface area contributed by atoms with E-state index in [1.54, 1.807) is 13.2 Å². The molecule has 0 aliphatic rings. The molecule has 6 heteroatoms. The number of hydrogen-bond donors (Lipinski definition) is 0. The molecule has 0 N–H and O–H groups in total. The molecule has 1 heterocycles. The average Bonchev–Trinajstić information content (AvgIpc) is 2.44. The predicted molar refractivity (Wildman–Crippen MR) is 76.4 cm³/mol. The van der Waals surface area contributed by atoms with Crippen LogP contribution >= 0.6 is 23.2 Å². The van der Waals surface area contributed by atoms with Crippen molar-refractivity contribution in [2.45, 2.75) is 6.61 Å². The third-order valence-electron chi connectivity index (χ3n) is 2.50. The first-order chi connectivity index (χ1) is 9.58. The molecule has 0 saturated carbocycles. The third-order valence-corrected chi connectivity index (χ3v) is 2.89. The molecule has 2 rings (SSSR count). The van der Waals surface area contributed by atoms with Crippen molar-refractivity contribution in [3.63, 3.8) is 0 Å². The summed E-state index contributed by atoms with van der Waals surface area (Å²) < 4.78 is 10.3. The quantitative estimate of drug-likeness (QED) is 0.637. The molecule has 0 saturated heterocycles. The first kappa shape index (κ1) is 14.6. The van der Waals surface area contributed by atoms with Gasteiger partial charge in [0.1, 0.15) is 22.7 Å². The van der Waals surface area contributed by atoms with Gasteiger partial charge in [0.2, 0.25) is 0 Å². The smallest absolute Gasteiger partial charge is 0.338 e. The number of ether oxygens (including phenoxy) is 2. The maximum absolute atomic E-state index is 11.9. The van der Waals surface area contributed by atoms with Gasteiger partial charge in [-0.3, -0.25) is 0 Å². The van der Waals surface area contributed by atoms with Crippen molar-refractivity contribution in [2.75, 3.05) is 7.11 Å². The number of hydrogen-bond acceptors (Lipinski definition) is 4. The van der Waals surface area contributed by atoms with Crippen LogP contribution in [0.2, 0.25) is 10.3 Å². The van der Waals surface area contributed by atoms with Gasteiger partial charge in [0.15, 0.2) is 0 Å². The van der Waals surface area contributed by atoms with Gasteiger partial charge in [0.25, 0.3) is 0 Å². The highest BCUT2D eigenvalue weighted by Gasteiger charge is 2.10. The molecule has 0 amide bonds. The second-order valence-corrected chi connectivity index (χ2v) is 4.70. The number of benzene rings is 1. The van der Waals surface area contributed by atoms with Gasteiger partial charge < -0.3 is 9.47 Å². The van der Waals surface area contributed by atoms with E-state index in [1.807, 2.05) is 18.2 Å². The molecule has 0 aliphatic carbocycles. The van der Waals surface area contributed by atoms with Gasteiger partial charge in [-0.2, -0.15) is 0 Å². The van der Waals surface area contributed by atoms with Crippen LogP contribution in [0.3, 0.4) is 0 Å². The maximum Gasteiger partial charge on any atom is 0.338 e. The lowest BCUT2D eigenvalue weighted by molar-refractivity contribution is 0.0472. The van der Waals surface area contributed by atoms with Gasteiger partial charge in [-0.25, -0.2) is 9.78 Å². The maximum atomic E-state index is 11.9. The molecule has 0 aliphatic heterocycles. The Morgan fingerprint density at radius 3 is 2.55 bits per heavy atom. The minimum Gasteiger partial charge on any atom is -0.497 e. The van der Waals surface area contributed by atoms with Crippen LogP contribution in [0.25, 0.3) is 0 Å². The second kappa shape index (κ2) is 6.59. The zero-order chi connectivity index (χ0) is 14.5. The minimum atomic E-state index is -0.515. The second-order valence-electron chi connectivity index (χ2n) is 3.93. The van der Waals surface area contributed by atoms with Crippen LogP contribution in [0.4, 0.5) is 0 Å². The average molecular weight is 312 g/mol. The highest BCUT2D eigenvalue weighted by molar-refractivity contribution is 6.32. The van der Waals surface area contributed by atoms with E-state index < -0.39 is 5.97 Å². The molecular weight excluding hydrogens is 301 g/mol. The van der Waals surface area contributed by atoms with Gasteiger partial charge >= 0.3 is 5.97 Å².